The van der Waals surface area contributed by atoms with E-state index in [9.17, 15) is 0 Å². The molecule has 0 saturated carbocycles. The summed E-state index contributed by atoms with van der Waals surface area (Å²) in [5, 5.41) is 4.30. The number of hydrazine groups is 1. The molecule has 0 aliphatic rings. The molecule has 0 bridgehead atoms. The van der Waals surface area contributed by atoms with Gasteiger partial charge in [-0.25, -0.2) is 0 Å². The Bertz CT molecular complexity index is 510. The van der Waals surface area contributed by atoms with E-state index < -0.39 is 0 Å². The maximum atomic E-state index is 5.67. The van der Waals surface area contributed by atoms with Gasteiger partial charge in [0.1, 0.15) is 5.75 Å². The van der Waals surface area contributed by atoms with Gasteiger partial charge in [-0.15, -0.1) is 0 Å². The molecule has 2 rings (SSSR count). The summed E-state index contributed by atoms with van der Waals surface area (Å²) in [6, 6.07) is 8.23. The first-order chi connectivity index (χ1) is 8.74. The molecule has 0 fully saturated rings. The first-order valence-corrected chi connectivity index (χ1v) is 6.80. The third-order valence-corrected chi connectivity index (χ3v) is 3.93. The third kappa shape index (κ3) is 2.90. The largest absolute Gasteiger partial charge is 0.497 e. The Morgan fingerprint density at radius 2 is 2.22 bits per heavy atom. The number of benzene rings is 1. The number of nitrogens with two attached hydrogens (primary N) is 1. The number of rotatable bonds is 5. The fourth-order valence-electron chi connectivity index (χ4n) is 2.02. The molecular weight excluding hydrogens is 244 g/mol. The van der Waals surface area contributed by atoms with Crippen LogP contribution in [-0.4, -0.2) is 7.11 Å². The molecule has 0 radical (unpaired) electrons. The molecule has 18 heavy (non-hydrogen) atoms. The van der Waals surface area contributed by atoms with Gasteiger partial charge in [-0.2, -0.15) is 11.3 Å². The van der Waals surface area contributed by atoms with E-state index in [2.05, 4.69) is 29.2 Å². The first kappa shape index (κ1) is 13.1. The standard InChI is InChI=1S/C14H18N2OS/c1-10-8-18-9-13(10)14(16-15)7-11-4-3-5-12(6-11)17-2/h3-6,8-9,14,16H,7,15H2,1-2H3. The van der Waals surface area contributed by atoms with Gasteiger partial charge in [-0.3, -0.25) is 11.3 Å². The van der Waals surface area contributed by atoms with E-state index in [4.69, 9.17) is 10.6 Å². The SMILES string of the molecule is COc1cccc(CC(NN)c2cscc2C)c1. The molecule has 0 aliphatic carbocycles. The summed E-state index contributed by atoms with van der Waals surface area (Å²) in [4.78, 5) is 0. The van der Waals surface area contributed by atoms with Gasteiger partial charge in [0, 0.05) is 0 Å². The van der Waals surface area contributed by atoms with Gasteiger partial charge in [0.2, 0.25) is 0 Å². The number of hydrogen-bond acceptors (Lipinski definition) is 4. The maximum Gasteiger partial charge on any atom is 0.119 e. The predicted molar refractivity (Wildman–Crippen MR) is 75.8 cm³/mol. The molecular formula is C14H18N2OS. The molecule has 3 N–H and O–H groups in total. The lowest BCUT2D eigenvalue weighted by atomic mass is 9.99. The van der Waals surface area contributed by atoms with Gasteiger partial charge < -0.3 is 4.74 Å². The van der Waals surface area contributed by atoms with Crippen LogP contribution in [0.25, 0.3) is 0 Å². The van der Waals surface area contributed by atoms with Gasteiger partial charge in [0.25, 0.3) is 0 Å². The molecule has 0 amide bonds. The van der Waals surface area contributed by atoms with E-state index in [1.807, 2.05) is 18.2 Å². The summed E-state index contributed by atoms with van der Waals surface area (Å²) in [6.07, 6.45) is 0.852. The highest BCUT2D eigenvalue weighted by atomic mass is 32.1. The molecule has 1 unspecified atom stereocenters. The minimum Gasteiger partial charge on any atom is -0.497 e. The second-order valence-corrected chi connectivity index (χ2v) is 5.03. The second-order valence-electron chi connectivity index (χ2n) is 4.29. The van der Waals surface area contributed by atoms with Crippen molar-refractivity contribution < 1.29 is 4.74 Å². The molecule has 0 saturated heterocycles. The van der Waals surface area contributed by atoms with E-state index in [0.29, 0.717) is 0 Å². The average Bonchev–Trinajstić information content (AvgIpc) is 2.82. The Hall–Kier alpha value is -1.36. The zero-order valence-electron chi connectivity index (χ0n) is 10.6. The molecule has 1 atom stereocenters. The number of nitrogens with one attached hydrogen (secondary N) is 1. The summed E-state index contributed by atoms with van der Waals surface area (Å²) in [7, 11) is 1.68. The zero-order chi connectivity index (χ0) is 13.0. The van der Waals surface area contributed by atoms with Crippen molar-refractivity contribution in [3.8, 4) is 5.75 Å². The smallest absolute Gasteiger partial charge is 0.119 e. The van der Waals surface area contributed by atoms with E-state index in [1.165, 1.54) is 16.7 Å². The number of thiophene rings is 1. The lowest BCUT2D eigenvalue weighted by molar-refractivity contribution is 0.414. The molecule has 1 aromatic carbocycles. The third-order valence-electron chi connectivity index (χ3n) is 3.05. The summed E-state index contributed by atoms with van der Waals surface area (Å²) in [5.74, 6) is 6.55. The van der Waals surface area contributed by atoms with Crippen LogP contribution in [0.2, 0.25) is 0 Å². The predicted octanol–water partition coefficient (Wildman–Crippen LogP) is 2.81. The van der Waals surface area contributed by atoms with Crippen molar-refractivity contribution in [2.75, 3.05) is 7.11 Å². The van der Waals surface area contributed by atoms with E-state index in [0.717, 1.165) is 12.2 Å². The van der Waals surface area contributed by atoms with Gasteiger partial charge in [-0.1, -0.05) is 12.1 Å². The van der Waals surface area contributed by atoms with Crippen molar-refractivity contribution in [1.29, 1.82) is 0 Å². The number of aryl methyl sites for hydroxylation is 1. The fourth-order valence-corrected chi connectivity index (χ4v) is 2.93. The molecule has 0 aliphatic heterocycles. The minimum atomic E-state index is 0.142. The van der Waals surface area contributed by atoms with Crippen LogP contribution in [0.5, 0.6) is 5.75 Å². The highest BCUT2D eigenvalue weighted by Gasteiger charge is 2.13. The Morgan fingerprint density at radius 3 is 2.83 bits per heavy atom. The zero-order valence-corrected chi connectivity index (χ0v) is 11.5. The second kappa shape index (κ2) is 6.00. The van der Waals surface area contributed by atoms with E-state index in [-0.39, 0.29) is 6.04 Å². The summed E-state index contributed by atoms with van der Waals surface area (Å²) < 4.78 is 5.23. The van der Waals surface area contributed by atoms with Crippen LogP contribution in [-0.2, 0) is 6.42 Å². The summed E-state index contributed by atoms with van der Waals surface area (Å²) >= 11 is 1.71. The Morgan fingerprint density at radius 1 is 1.39 bits per heavy atom. The Kier molecular flexibility index (Phi) is 4.36. The van der Waals surface area contributed by atoms with Crippen molar-refractivity contribution in [3.63, 3.8) is 0 Å². The lowest BCUT2D eigenvalue weighted by Crippen LogP contribution is -2.29. The van der Waals surface area contributed by atoms with Crippen molar-refractivity contribution in [1.82, 2.24) is 5.43 Å². The van der Waals surface area contributed by atoms with Crippen molar-refractivity contribution in [2.24, 2.45) is 5.84 Å². The molecule has 2 aromatic rings. The molecule has 1 heterocycles. The van der Waals surface area contributed by atoms with Crippen molar-refractivity contribution >= 4 is 11.3 Å². The summed E-state index contributed by atoms with van der Waals surface area (Å²) in [5.41, 5.74) is 6.66. The van der Waals surface area contributed by atoms with Crippen LogP contribution in [0, 0.1) is 6.92 Å². The molecule has 3 nitrogen and oxygen atoms in total. The highest BCUT2D eigenvalue weighted by molar-refractivity contribution is 7.08. The fraction of sp³-hybridized carbons (Fsp3) is 0.286. The lowest BCUT2D eigenvalue weighted by Gasteiger charge is -2.16. The maximum absolute atomic E-state index is 5.67. The number of methoxy groups -OCH3 is 1. The van der Waals surface area contributed by atoms with Crippen LogP contribution >= 0.6 is 11.3 Å². The van der Waals surface area contributed by atoms with Crippen LogP contribution in [0.15, 0.2) is 35.0 Å². The topological polar surface area (TPSA) is 47.3 Å². The average molecular weight is 262 g/mol. The molecule has 1 aromatic heterocycles. The van der Waals surface area contributed by atoms with Crippen molar-refractivity contribution in [3.05, 3.63) is 51.7 Å². The summed E-state index contributed by atoms with van der Waals surface area (Å²) in [6.45, 7) is 2.11. The van der Waals surface area contributed by atoms with Crippen molar-refractivity contribution in [2.45, 2.75) is 19.4 Å². The van der Waals surface area contributed by atoms with E-state index >= 15 is 0 Å². The highest BCUT2D eigenvalue weighted by Crippen LogP contribution is 2.25. The normalized spacial score (nSPS) is 12.4. The molecule has 96 valence electrons. The van der Waals surface area contributed by atoms with Crippen LogP contribution in [0.4, 0.5) is 0 Å². The Labute approximate surface area is 112 Å². The van der Waals surface area contributed by atoms with Crippen LogP contribution in [0.1, 0.15) is 22.7 Å². The van der Waals surface area contributed by atoms with Gasteiger partial charge in [0.15, 0.2) is 0 Å². The van der Waals surface area contributed by atoms with Gasteiger partial charge in [-0.05, 0) is 52.9 Å². The van der Waals surface area contributed by atoms with Gasteiger partial charge in [0.05, 0.1) is 13.2 Å². The molecule has 0 spiro atoms. The monoisotopic (exact) mass is 262 g/mol. The number of hydrogen-bond donors (Lipinski definition) is 2. The number of ether oxygens (including phenoxy) is 1. The van der Waals surface area contributed by atoms with E-state index in [1.54, 1.807) is 18.4 Å². The van der Waals surface area contributed by atoms with Crippen LogP contribution < -0.4 is 16.0 Å². The van der Waals surface area contributed by atoms with Gasteiger partial charge >= 0.3 is 0 Å². The molecule has 4 heteroatoms. The Balaban J connectivity index is 2.18. The minimum absolute atomic E-state index is 0.142. The first-order valence-electron chi connectivity index (χ1n) is 5.86. The quantitative estimate of drug-likeness (QED) is 0.643. The van der Waals surface area contributed by atoms with Crippen LogP contribution in [0.3, 0.4) is 0 Å².